The van der Waals surface area contributed by atoms with Crippen LogP contribution in [-0.2, 0) is 0 Å². The normalized spacial score (nSPS) is 17.3. The zero-order valence-electron chi connectivity index (χ0n) is 14.5. The fraction of sp³-hybridized carbons (Fsp3) is 0.529. The molecular formula is C17H27IN4O2S. The van der Waals surface area contributed by atoms with Crippen molar-refractivity contribution < 1.29 is 9.90 Å². The summed E-state index contributed by atoms with van der Waals surface area (Å²) in [5.41, 5.74) is 0.283. The molecule has 0 aromatic heterocycles. The molecular weight excluding hydrogens is 451 g/mol. The van der Waals surface area contributed by atoms with Gasteiger partial charge in [-0.25, -0.2) is 0 Å². The highest BCUT2D eigenvalue weighted by Crippen LogP contribution is 2.16. The topological polar surface area (TPSA) is 85.8 Å². The zero-order valence-corrected chi connectivity index (χ0v) is 17.6. The second-order valence-electron chi connectivity index (χ2n) is 5.59. The van der Waals surface area contributed by atoms with Crippen LogP contribution in [0.3, 0.4) is 0 Å². The van der Waals surface area contributed by atoms with E-state index in [4.69, 9.17) is 0 Å². The van der Waals surface area contributed by atoms with Crippen LogP contribution >= 0.6 is 35.7 Å². The molecule has 1 aromatic carbocycles. The van der Waals surface area contributed by atoms with Crippen LogP contribution < -0.4 is 16.0 Å². The summed E-state index contributed by atoms with van der Waals surface area (Å²) in [5.74, 6) is 2.84. The van der Waals surface area contributed by atoms with Gasteiger partial charge in [-0.05, 0) is 37.7 Å². The van der Waals surface area contributed by atoms with Crippen molar-refractivity contribution in [2.45, 2.75) is 25.8 Å². The number of hydrogen-bond acceptors (Lipinski definition) is 4. The highest BCUT2D eigenvalue weighted by Gasteiger charge is 2.14. The Labute approximate surface area is 170 Å². The van der Waals surface area contributed by atoms with Crippen LogP contribution in [-0.4, -0.2) is 54.2 Å². The zero-order chi connectivity index (χ0) is 17.2. The number of carbonyl (C=O) groups is 1. The molecule has 2 rings (SSSR count). The Morgan fingerprint density at radius 2 is 2.16 bits per heavy atom. The van der Waals surface area contributed by atoms with E-state index in [-0.39, 0.29) is 41.2 Å². The van der Waals surface area contributed by atoms with Crippen molar-refractivity contribution in [1.82, 2.24) is 16.0 Å². The molecule has 1 amide bonds. The molecule has 8 heteroatoms. The maximum atomic E-state index is 12.0. The van der Waals surface area contributed by atoms with E-state index in [9.17, 15) is 9.90 Å². The van der Waals surface area contributed by atoms with Gasteiger partial charge in [-0.15, -0.1) is 24.0 Å². The fourth-order valence-corrected chi connectivity index (χ4v) is 3.54. The number of rotatable bonds is 6. The number of thioether (sulfide) groups is 1. The fourth-order valence-electron chi connectivity index (χ4n) is 2.47. The summed E-state index contributed by atoms with van der Waals surface area (Å²) in [7, 11) is 0. The van der Waals surface area contributed by atoms with Gasteiger partial charge >= 0.3 is 0 Å². The van der Waals surface area contributed by atoms with E-state index < -0.39 is 0 Å². The van der Waals surface area contributed by atoms with Crippen LogP contribution in [0.25, 0.3) is 0 Å². The first kappa shape index (κ1) is 21.9. The number of aliphatic imine (C=N–C) groups is 1. The number of benzene rings is 1. The number of phenolic OH excluding ortho intramolecular Hbond substituents is 1. The van der Waals surface area contributed by atoms with E-state index in [1.54, 1.807) is 18.2 Å². The Kier molecular flexibility index (Phi) is 10.7. The molecule has 140 valence electrons. The van der Waals surface area contributed by atoms with Crippen molar-refractivity contribution in [1.29, 1.82) is 0 Å². The second-order valence-corrected chi connectivity index (χ2v) is 6.74. The number of guanidine groups is 1. The van der Waals surface area contributed by atoms with Gasteiger partial charge in [0.05, 0.1) is 12.1 Å². The molecule has 1 saturated heterocycles. The molecule has 0 bridgehead atoms. The van der Waals surface area contributed by atoms with Gasteiger partial charge in [-0.1, -0.05) is 12.1 Å². The number of amides is 1. The van der Waals surface area contributed by atoms with Crippen molar-refractivity contribution in [3.05, 3.63) is 29.8 Å². The van der Waals surface area contributed by atoms with Gasteiger partial charge in [0.25, 0.3) is 5.91 Å². The van der Waals surface area contributed by atoms with E-state index in [1.807, 2.05) is 18.7 Å². The van der Waals surface area contributed by atoms with E-state index >= 15 is 0 Å². The third-order valence-electron chi connectivity index (χ3n) is 3.66. The average molecular weight is 478 g/mol. The van der Waals surface area contributed by atoms with Crippen LogP contribution in [0.4, 0.5) is 0 Å². The lowest BCUT2D eigenvalue weighted by atomic mass is 10.2. The maximum Gasteiger partial charge on any atom is 0.255 e. The largest absolute Gasteiger partial charge is 0.507 e. The number of carbonyl (C=O) groups excluding carboxylic acids is 1. The molecule has 1 fully saturated rings. The van der Waals surface area contributed by atoms with E-state index in [0.717, 1.165) is 18.3 Å². The quantitative estimate of drug-likeness (QED) is 0.218. The van der Waals surface area contributed by atoms with Gasteiger partial charge in [0.15, 0.2) is 5.96 Å². The van der Waals surface area contributed by atoms with Crippen LogP contribution in [0.2, 0.25) is 0 Å². The van der Waals surface area contributed by atoms with Crippen LogP contribution in [0.15, 0.2) is 29.3 Å². The first-order chi connectivity index (χ1) is 11.7. The number of phenols is 1. The Hall–Kier alpha value is -1.16. The molecule has 25 heavy (non-hydrogen) atoms. The van der Waals surface area contributed by atoms with Crippen molar-refractivity contribution in [2.75, 3.05) is 31.1 Å². The van der Waals surface area contributed by atoms with Gasteiger partial charge in [0.1, 0.15) is 5.75 Å². The minimum Gasteiger partial charge on any atom is -0.507 e. The SMILES string of the molecule is CCNC(=NCCNC(=O)c1ccccc1O)NC1CCCSC1.I. The predicted molar refractivity (Wildman–Crippen MR) is 115 cm³/mol. The van der Waals surface area contributed by atoms with Crippen molar-refractivity contribution in [2.24, 2.45) is 4.99 Å². The summed E-state index contributed by atoms with van der Waals surface area (Å²) in [6.07, 6.45) is 2.40. The van der Waals surface area contributed by atoms with Gasteiger partial charge in [-0.2, -0.15) is 11.8 Å². The molecule has 4 N–H and O–H groups in total. The lowest BCUT2D eigenvalue weighted by Crippen LogP contribution is -2.45. The first-order valence-electron chi connectivity index (χ1n) is 8.39. The summed E-state index contributed by atoms with van der Waals surface area (Å²) in [6, 6.07) is 6.97. The summed E-state index contributed by atoms with van der Waals surface area (Å²) in [6.45, 7) is 3.74. The molecule has 0 saturated carbocycles. The molecule has 1 aliphatic rings. The molecule has 1 unspecified atom stereocenters. The van der Waals surface area contributed by atoms with Crippen molar-refractivity contribution in [3.63, 3.8) is 0 Å². The molecule has 0 aliphatic carbocycles. The predicted octanol–water partition coefficient (Wildman–Crippen LogP) is 2.19. The standard InChI is InChI=1S/C17H26N4O2S.HI/c1-2-18-17(21-13-6-5-11-24-12-13)20-10-9-19-16(23)14-7-3-4-8-15(14)22;/h3-4,7-8,13,22H,2,5-6,9-12H2,1H3,(H,19,23)(H2,18,20,21);1H. The maximum absolute atomic E-state index is 12.0. The molecule has 1 heterocycles. The molecule has 6 nitrogen and oxygen atoms in total. The highest BCUT2D eigenvalue weighted by atomic mass is 127. The lowest BCUT2D eigenvalue weighted by molar-refractivity contribution is 0.0952. The Morgan fingerprint density at radius 3 is 2.84 bits per heavy atom. The Bertz CT molecular complexity index is 565. The minimum absolute atomic E-state index is 0. The second kappa shape index (κ2) is 12.2. The first-order valence-corrected chi connectivity index (χ1v) is 9.55. The number of hydrogen-bond donors (Lipinski definition) is 4. The molecule has 0 radical (unpaired) electrons. The Balaban J connectivity index is 0.00000312. The summed E-state index contributed by atoms with van der Waals surface area (Å²) < 4.78 is 0. The van der Waals surface area contributed by atoms with E-state index in [0.29, 0.717) is 19.1 Å². The van der Waals surface area contributed by atoms with Crippen LogP contribution in [0.1, 0.15) is 30.1 Å². The molecule has 1 atom stereocenters. The van der Waals surface area contributed by atoms with Crippen LogP contribution in [0, 0.1) is 0 Å². The molecule has 1 aliphatic heterocycles. The summed E-state index contributed by atoms with van der Waals surface area (Å²) in [5, 5.41) is 19.1. The molecule has 0 spiro atoms. The van der Waals surface area contributed by atoms with Gasteiger partial charge in [0.2, 0.25) is 0 Å². The van der Waals surface area contributed by atoms with Crippen molar-refractivity contribution >= 4 is 47.6 Å². The van der Waals surface area contributed by atoms with Crippen molar-refractivity contribution in [3.8, 4) is 5.75 Å². The number of aromatic hydroxyl groups is 1. The van der Waals surface area contributed by atoms with Gasteiger partial charge in [0, 0.05) is 24.9 Å². The smallest absolute Gasteiger partial charge is 0.255 e. The highest BCUT2D eigenvalue weighted by molar-refractivity contribution is 14.0. The van der Waals surface area contributed by atoms with E-state index in [1.165, 1.54) is 24.7 Å². The van der Waals surface area contributed by atoms with Gasteiger partial charge in [-0.3, -0.25) is 9.79 Å². The Morgan fingerprint density at radius 1 is 1.36 bits per heavy atom. The third-order valence-corrected chi connectivity index (χ3v) is 4.88. The number of nitrogens with one attached hydrogen (secondary N) is 3. The van der Waals surface area contributed by atoms with E-state index in [2.05, 4.69) is 20.9 Å². The number of nitrogens with zero attached hydrogens (tertiary/aromatic N) is 1. The van der Waals surface area contributed by atoms with Gasteiger partial charge < -0.3 is 21.1 Å². The number of halogens is 1. The third kappa shape index (κ3) is 7.72. The summed E-state index contributed by atoms with van der Waals surface area (Å²) >= 11 is 1.97. The average Bonchev–Trinajstić information content (AvgIpc) is 2.60. The number of para-hydroxylation sites is 1. The monoisotopic (exact) mass is 478 g/mol. The van der Waals surface area contributed by atoms with Crippen LogP contribution in [0.5, 0.6) is 5.75 Å². The minimum atomic E-state index is -0.287. The molecule has 1 aromatic rings. The summed E-state index contributed by atoms with van der Waals surface area (Å²) in [4.78, 5) is 16.5. The lowest BCUT2D eigenvalue weighted by Gasteiger charge is -2.24.